The smallest absolute Gasteiger partial charge is 0.433 e. The standard InChI is InChI=1S/C28H27F3N4O4/c29-28(30,31)24-9-7-21(16-34-24)27(39)35-13-2-1-11-33-26(38)20-5-3-4-19(15-20)22-14-18(6-8-23(22)36)10-12-32-25(37)17-35/h3-9,14-16,36H,1-2,10-13,17H2,(H,32,37)(H,33,38). The van der Waals surface area contributed by atoms with E-state index in [2.05, 4.69) is 15.6 Å². The lowest BCUT2D eigenvalue weighted by molar-refractivity contribution is -0.141. The lowest BCUT2D eigenvalue weighted by atomic mass is 9.98. The predicted octanol–water partition coefficient (Wildman–Crippen LogP) is 3.80. The second-order valence-electron chi connectivity index (χ2n) is 9.15. The molecule has 0 unspecified atom stereocenters. The molecule has 2 heterocycles. The summed E-state index contributed by atoms with van der Waals surface area (Å²) in [4.78, 5) is 43.0. The summed E-state index contributed by atoms with van der Waals surface area (Å²) in [7, 11) is 0. The average Bonchev–Trinajstić information content (AvgIpc) is 2.92. The van der Waals surface area contributed by atoms with E-state index in [1.54, 1.807) is 42.5 Å². The number of carbonyl (C=O) groups excluding carboxylic acids is 3. The molecule has 0 saturated carbocycles. The molecule has 0 fully saturated rings. The van der Waals surface area contributed by atoms with Crippen molar-refractivity contribution < 1.29 is 32.7 Å². The third-order valence-corrected chi connectivity index (χ3v) is 6.30. The van der Waals surface area contributed by atoms with Gasteiger partial charge in [0.25, 0.3) is 11.8 Å². The Hall–Kier alpha value is -4.41. The van der Waals surface area contributed by atoms with Gasteiger partial charge < -0.3 is 20.6 Å². The number of phenols is 1. The van der Waals surface area contributed by atoms with Crippen molar-refractivity contribution in [1.29, 1.82) is 0 Å². The number of benzene rings is 2. The highest BCUT2D eigenvalue weighted by Gasteiger charge is 2.32. The van der Waals surface area contributed by atoms with Gasteiger partial charge in [-0.2, -0.15) is 13.2 Å². The van der Waals surface area contributed by atoms with Crippen LogP contribution in [-0.4, -0.2) is 58.9 Å². The van der Waals surface area contributed by atoms with Crippen molar-refractivity contribution in [2.24, 2.45) is 0 Å². The Morgan fingerprint density at radius 2 is 1.74 bits per heavy atom. The number of halogens is 3. The van der Waals surface area contributed by atoms with Gasteiger partial charge in [-0.3, -0.25) is 19.4 Å². The van der Waals surface area contributed by atoms with E-state index >= 15 is 0 Å². The Morgan fingerprint density at radius 3 is 2.49 bits per heavy atom. The SMILES string of the molecule is O=C1CN(C(=O)c2ccc(C(F)(F)F)nc2)CCCCNC(=O)c2cccc(c2)-c2cc(ccc2O)CCN1. The number of fused-ring (bicyclic) bond motifs is 5. The summed E-state index contributed by atoms with van der Waals surface area (Å²) in [6.45, 7) is 0.423. The monoisotopic (exact) mass is 540 g/mol. The van der Waals surface area contributed by atoms with E-state index in [1.807, 2.05) is 0 Å². The molecule has 4 rings (SSSR count). The fraction of sp³-hybridized carbons (Fsp3) is 0.286. The summed E-state index contributed by atoms with van der Waals surface area (Å²) in [6.07, 6.45) is -2.41. The third kappa shape index (κ3) is 7.13. The zero-order chi connectivity index (χ0) is 28.0. The number of nitrogens with one attached hydrogen (secondary N) is 2. The Bertz CT molecular complexity index is 1360. The van der Waals surface area contributed by atoms with Crippen molar-refractivity contribution in [3.63, 3.8) is 0 Å². The van der Waals surface area contributed by atoms with Gasteiger partial charge in [0.1, 0.15) is 11.4 Å². The van der Waals surface area contributed by atoms with Crippen molar-refractivity contribution in [2.75, 3.05) is 26.2 Å². The number of phenolic OH excluding ortho intramolecular Hbond substituents is 1. The fourth-order valence-corrected chi connectivity index (χ4v) is 4.23. The molecule has 204 valence electrons. The molecule has 2 aromatic carbocycles. The van der Waals surface area contributed by atoms with E-state index in [-0.39, 0.29) is 36.9 Å². The van der Waals surface area contributed by atoms with E-state index in [0.29, 0.717) is 42.5 Å². The van der Waals surface area contributed by atoms with Crippen LogP contribution in [0.4, 0.5) is 13.2 Å². The largest absolute Gasteiger partial charge is 0.507 e. The summed E-state index contributed by atoms with van der Waals surface area (Å²) in [5, 5.41) is 16.0. The fourth-order valence-electron chi connectivity index (χ4n) is 4.23. The van der Waals surface area contributed by atoms with Crippen molar-refractivity contribution in [3.8, 4) is 16.9 Å². The van der Waals surface area contributed by atoms with Crippen LogP contribution in [0, 0.1) is 0 Å². The molecule has 4 bridgehead atoms. The highest BCUT2D eigenvalue weighted by Crippen LogP contribution is 2.31. The van der Waals surface area contributed by atoms with Crippen LogP contribution >= 0.6 is 0 Å². The van der Waals surface area contributed by atoms with Crippen molar-refractivity contribution >= 4 is 17.7 Å². The summed E-state index contributed by atoms with van der Waals surface area (Å²) in [5.74, 6) is -1.28. The summed E-state index contributed by atoms with van der Waals surface area (Å²) in [6, 6.07) is 13.7. The number of hydrogen-bond donors (Lipinski definition) is 3. The Kier molecular flexibility index (Phi) is 8.48. The van der Waals surface area contributed by atoms with Gasteiger partial charge in [-0.15, -0.1) is 0 Å². The van der Waals surface area contributed by atoms with Crippen LogP contribution in [0.2, 0.25) is 0 Å². The van der Waals surface area contributed by atoms with Crippen molar-refractivity contribution in [2.45, 2.75) is 25.4 Å². The van der Waals surface area contributed by atoms with Crippen molar-refractivity contribution in [1.82, 2.24) is 20.5 Å². The second kappa shape index (κ2) is 12.0. The zero-order valence-electron chi connectivity index (χ0n) is 20.9. The highest BCUT2D eigenvalue weighted by molar-refractivity contribution is 5.96. The van der Waals surface area contributed by atoms with Crippen LogP contribution in [0.15, 0.2) is 60.8 Å². The first kappa shape index (κ1) is 27.6. The molecule has 0 saturated heterocycles. The number of nitrogens with zero attached hydrogens (tertiary/aromatic N) is 2. The van der Waals surface area contributed by atoms with E-state index in [1.165, 1.54) is 4.90 Å². The Balaban J connectivity index is 1.53. The molecular formula is C28H27F3N4O4. The van der Waals surface area contributed by atoms with Crippen LogP contribution in [0.5, 0.6) is 5.75 Å². The molecule has 0 atom stereocenters. The van der Waals surface area contributed by atoms with Gasteiger partial charge in [0.2, 0.25) is 5.91 Å². The number of aromatic hydroxyl groups is 1. The average molecular weight is 541 g/mol. The van der Waals surface area contributed by atoms with Crippen LogP contribution in [-0.2, 0) is 17.4 Å². The van der Waals surface area contributed by atoms with Crippen molar-refractivity contribution in [3.05, 3.63) is 83.2 Å². The summed E-state index contributed by atoms with van der Waals surface area (Å²) >= 11 is 0. The van der Waals surface area contributed by atoms with Crippen LogP contribution in [0.1, 0.15) is 44.8 Å². The third-order valence-electron chi connectivity index (χ3n) is 6.30. The first-order valence-electron chi connectivity index (χ1n) is 12.4. The van der Waals surface area contributed by atoms with Gasteiger partial charge in [0.05, 0.1) is 12.1 Å². The van der Waals surface area contributed by atoms with Gasteiger partial charge in [0.15, 0.2) is 0 Å². The zero-order valence-corrected chi connectivity index (χ0v) is 20.9. The minimum Gasteiger partial charge on any atom is -0.507 e. The molecule has 3 amide bonds. The maximum atomic E-state index is 13.1. The van der Waals surface area contributed by atoms with Gasteiger partial charge in [-0.25, -0.2) is 0 Å². The molecule has 8 nitrogen and oxygen atoms in total. The summed E-state index contributed by atoms with van der Waals surface area (Å²) < 4.78 is 38.6. The highest BCUT2D eigenvalue weighted by atomic mass is 19.4. The Labute approximate surface area is 222 Å². The molecule has 0 spiro atoms. The quantitative estimate of drug-likeness (QED) is 0.435. The normalized spacial score (nSPS) is 15.5. The van der Waals surface area contributed by atoms with E-state index in [0.717, 1.165) is 23.9 Å². The van der Waals surface area contributed by atoms with Gasteiger partial charge in [-0.05, 0) is 66.8 Å². The lowest BCUT2D eigenvalue weighted by Gasteiger charge is -2.22. The topological polar surface area (TPSA) is 112 Å². The van der Waals surface area contributed by atoms with Gasteiger partial charge in [-0.1, -0.05) is 18.2 Å². The van der Waals surface area contributed by atoms with Gasteiger partial charge in [0, 0.05) is 37.0 Å². The number of rotatable bonds is 1. The van der Waals surface area contributed by atoms with Crippen LogP contribution in [0.25, 0.3) is 11.1 Å². The Morgan fingerprint density at radius 1 is 0.949 bits per heavy atom. The molecule has 39 heavy (non-hydrogen) atoms. The molecule has 3 aromatic rings. The minimum absolute atomic E-state index is 0.0571. The van der Waals surface area contributed by atoms with E-state index in [9.17, 15) is 32.7 Å². The van der Waals surface area contributed by atoms with Crippen LogP contribution in [0.3, 0.4) is 0 Å². The van der Waals surface area contributed by atoms with Crippen LogP contribution < -0.4 is 10.6 Å². The van der Waals surface area contributed by atoms with E-state index in [4.69, 9.17) is 0 Å². The van der Waals surface area contributed by atoms with E-state index < -0.39 is 23.7 Å². The number of carbonyl (C=O) groups is 3. The summed E-state index contributed by atoms with van der Waals surface area (Å²) in [5.41, 5.74) is 1.31. The number of amides is 3. The molecule has 1 aliphatic rings. The number of pyridine rings is 1. The van der Waals surface area contributed by atoms with Gasteiger partial charge >= 0.3 is 6.18 Å². The first-order chi connectivity index (χ1) is 18.6. The number of hydrogen-bond acceptors (Lipinski definition) is 5. The maximum Gasteiger partial charge on any atom is 0.433 e. The molecule has 3 N–H and O–H groups in total. The second-order valence-corrected chi connectivity index (χ2v) is 9.15. The predicted molar refractivity (Wildman–Crippen MR) is 137 cm³/mol. The molecule has 1 aromatic heterocycles. The number of aromatic nitrogens is 1. The molecule has 11 heteroatoms. The molecule has 1 aliphatic heterocycles. The maximum absolute atomic E-state index is 13.1. The number of alkyl halides is 3. The molecular weight excluding hydrogens is 513 g/mol. The lowest BCUT2D eigenvalue weighted by Crippen LogP contribution is -2.42. The molecule has 0 radical (unpaired) electrons. The first-order valence-corrected chi connectivity index (χ1v) is 12.4. The molecule has 0 aliphatic carbocycles. The minimum atomic E-state index is -4.63.